The first-order chi connectivity index (χ1) is 10.2. The molecule has 1 aliphatic heterocycles. The Labute approximate surface area is 123 Å². The van der Waals surface area contributed by atoms with Gasteiger partial charge in [0.1, 0.15) is 5.92 Å². The molecule has 0 saturated carbocycles. The number of ketones is 2. The molecule has 2 rings (SSSR count). The minimum Gasteiger partial charge on any atom is -0.475 e. The molecule has 1 aliphatic rings. The summed E-state index contributed by atoms with van der Waals surface area (Å²) in [5.41, 5.74) is -0.480. The Morgan fingerprint density at radius 1 is 1.36 bits per heavy atom. The number of non-ortho nitro benzene ring substituents is 1. The lowest BCUT2D eigenvalue weighted by Crippen LogP contribution is -2.46. The second-order valence-electron chi connectivity index (χ2n) is 4.67. The summed E-state index contributed by atoms with van der Waals surface area (Å²) in [5, 5.41) is 19.5. The van der Waals surface area contributed by atoms with Crippen molar-refractivity contribution in [2.45, 2.75) is 6.92 Å². The maximum absolute atomic E-state index is 12.3. The van der Waals surface area contributed by atoms with Crippen LogP contribution >= 0.6 is 0 Å². The number of fused-ring (bicyclic) bond motifs is 1. The van der Waals surface area contributed by atoms with Gasteiger partial charge in [-0.3, -0.25) is 24.5 Å². The van der Waals surface area contributed by atoms with Crippen molar-refractivity contribution in [3.8, 4) is 0 Å². The third-order valence-corrected chi connectivity index (χ3v) is 3.34. The topological polar surface area (TPSA) is 135 Å². The molecule has 22 heavy (non-hydrogen) atoms. The fourth-order valence-electron chi connectivity index (χ4n) is 2.27. The predicted molar refractivity (Wildman–Crippen MR) is 71.6 cm³/mol. The lowest BCUT2D eigenvalue weighted by Gasteiger charge is -2.31. The van der Waals surface area contributed by atoms with Crippen LogP contribution in [0.1, 0.15) is 17.3 Å². The molecule has 0 radical (unpaired) electrons. The molecule has 1 aromatic rings. The number of anilines is 1. The van der Waals surface area contributed by atoms with Gasteiger partial charge in [0.25, 0.3) is 11.5 Å². The van der Waals surface area contributed by atoms with Gasteiger partial charge < -0.3 is 10.0 Å². The Morgan fingerprint density at radius 2 is 2.00 bits per heavy atom. The van der Waals surface area contributed by atoms with Crippen LogP contribution in [-0.2, 0) is 14.4 Å². The van der Waals surface area contributed by atoms with Gasteiger partial charge in [-0.2, -0.15) is 0 Å². The molecule has 1 heterocycles. The summed E-state index contributed by atoms with van der Waals surface area (Å²) in [4.78, 5) is 57.4. The van der Waals surface area contributed by atoms with Gasteiger partial charge in [-0.15, -0.1) is 0 Å². The SMILES string of the molecule is CC(=O)N1CC(C(=O)C(=O)O)C(=O)c2cc([N+](=O)[O-])ccc21. The van der Waals surface area contributed by atoms with Gasteiger partial charge in [0, 0.05) is 31.2 Å². The quantitative estimate of drug-likeness (QED) is 0.370. The van der Waals surface area contributed by atoms with E-state index in [9.17, 15) is 29.3 Å². The zero-order chi connectivity index (χ0) is 16.6. The van der Waals surface area contributed by atoms with E-state index in [1.54, 1.807) is 0 Å². The molecular weight excluding hydrogens is 296 g/mol. The average Bonchev–Trinajstić information content (AvgIpc) is 2.46. The molecule has 1 amide bonds. The molecule has 1 unspecified atom stereocenters. The van der Waals surface area contributed by atoms with Gasteiger partial charge >= 0.3 is 5.97 Å². The van der Waals surface area contributed by atoms with Crippen molar-refractivity contribution in [2.75, 3.05) is 11.4 Å². The number of carboxylic acids is 1. The van der Waals surface area contributed by atoms with Crippen LogP contribution in [0, 0.1) is 16.0 Å². The minimum absolute atomic E-state index is 0.123. The van der Waals surface area contributed by atoms with Gasteiger partial charge in [0.15, 0.2) is 5.78 Å². The first-order valence-corrected chi connectivity index (χ1v) is 6.12. The van der Waals surface area contributed by atoms with Gasteiger partial charge in [-0.05, 0) is 6.07 Å². The number of benzene rings is 1. The van der Waals surface area contributed by atoms with Gasteiger partial charge in [-0.25, -0.2) is 4.79 Å². The number of nitrogens with zero attached hydrogens (tertiary/aromatic N) is 2. The third-order valence-electron chi connectivity index (χ3n) is 3.34. The maximum atomic E-state index is 12.3. The Morgan fingerprint density at radius 3 is 2.50 bits per heavy atom. The van der Waals surface area contributed by atoms with Crippen LogP contribution in [0.2, 0.25) is 0 Å². The normalized spacial score (nSPS) is 16.9. The van der Waals surface area contributed by atoms with E-state index in [1.807, 2.05) is 0 Å². The lowest BCUT2D eigenvalue weighted by atomic mass is 9.87. The standard InChI is InChI=1S/C13H10N2O7/c1-6(16)14-5-9(12(18)13(19)20)11(17)8-4-7(15(21)22)2-3-10(8)14/h2-4,9H,5H2,1H3,(H,19,20). The van der Waals surface area contributed by atoms with E-state index in [1.165, 1.54) is 13.0 Å². The highest BCUT2D eigenvalue weighted by molar-refractivity contribution is 6.39. The summed E-state index contributed by atoms with van der Waals surface area (Å²) in [5.74, 6) is -6.07. The van der Waals surface area contributed by atoms with Crippen molar-refractivity contribution >= 4 is 34.8 Å². The van der Waals surface area contributed by atoms with Gasteiger partial charge in [0.2, 0.25) is 5.91 Å². The van der Waals surface area contributed by atoms with Gasteiger partial charge in [-0.1, -0.05) is 0 Å². The number of nitro groups is 1. The second-order valence-corrected chi connectivity index (χ2v) is 4.67. The van der Waals surface area contributed by atoms with Crippen LogP contribution < -0.4 is 4.90 Å². The maximum Gasteiger partial charge on any atom is 0.373 e. The molecule has 1 atom stereocenters. The van der Waals surface area contributed by atoms with E-state index in [-0.39, 0.29) is 16.9 Å². The number of Topliss-reactive ketones (excluding diaryl/α,β-unsaturated/α-hetero) is 2. The summed E-state index contributed by atoms with van der Waals surface area (Å²) in [6, 6.07) is 3.30. The monoisotopic (exact) mass is 306 g/mol. The predicted octanol–water partition coefficient (Wildman–Crippen LogP) is 0.414. The molecule has 9 nitrogen and oxygen atoms in total. The minimum atomic E-state index is -1.80. The number of nitro benzene ring substituents is 1. The van der Waals surface area contributed by atoms with E-state index in [4.69, 9.17) is 5.11 Å². The van der Waals surface area contributed by atoms with Crippen LogP contribution in [0.3, 0.4) is 0 Å². The first kappa shape index (κ1) is 15.3. The third kappa shape index (κ3) is 2.43. The fraction of sp³-hybridized carbons (Fsp3) is 0.231. The van der Waals surface area contributed by atoms with E-state index in [2.05, 4.69) is 0 Å². The summed E-state index contributed by atoms with van der Waals surface area (Å²) in [6.45, 7) is 0.785. The first-order valence-electron chi connectivity index (χ1n) is 6.12. The van der Waals surface area contributed by atoms with Crippen LogP contribution in [-0.4, -0.2) is 40.0 Å². The Balaban J connectivity index is 2.60. The molecule has 0 aromatic heterocycles. The smallest absolute Gasteiger partial charge is 0.373 e. The molecule has 0 spiro atoms. The Bertz CT molecular complexity index is 725. The van der Waals surface area contributed by atoms with Crippen molar-refractivity contribution < 1.29 is 29.2 Å². The molecule has 0 aliphatic carbocycles. The van der Waals surface area contributed by atoms with Crippen molar-refractivity contribution in [1.82, 2.24) is 0 Å². The summed E-state index contributed by atoms with van der Waals surface area (Å²) in [6.07, 6.45) is 0. The number of hydrogen-bond donors (Lipinski definition) is 1. The highest BCUT2D eigenvalue weighted by atomic mass is 16.6. The molecule has 1 N–H and O–H groups in total. The molecule has 0 saturated heterocycles. The van der Waals surface area contributed by atoms with E-state index in [0.29, 0.717) is 0 Å². The van der Waals surface area contributed by atoms with E-state index >= 15 is 0 Å². The Hall–Kier alpha value is -3.10. The van der Waals surface area contributed by atoms with Crippen LogP contribution in [0.25, 0.3) is 0 Å². The summed E-state index contributed by atoms with van der Waals surface area (Å²) >= 11 is 0. The van der Waals surface area contributed by atoms with Crippen LogP contribution in [0.15, 0.2) is 18.2 Å². The fourth-order valence-corrected chi connectivity index (χ4v) is 2.27. The Kier molecular flexibility index (Phi) is 3.72. The molecule has 1 aromatic carbocycles. The van der Waals surface area contributed by atoms with Crippen molar-refractivity contribution in [2.24, 2.45) is 5.92 Å². The average molecular weight is 306 g/mol. The summed E-state index contributed by atoms with van der Waals surface area (Å²) in [7, 11) is 0. The number of amides is 1. The second kappa shape index (κ2) is 5.35. The number of carboxylic acid groups (broad SMARTS) is 1. The van der Waals surface area contributed by atoms with Crippen LogP contribution in [0.5, 0.6) is 0 Å². The zero-order valence-electron chi connectivity index (χ0n) is 11.3. The summed E-state index contributed by atoms with van der Waals surface area (Å²) < 4.78 is 0. The zero-order valence-corrected chi connectivity index (χ0v) is 11.3. The van der Waals surface area contributed by atoms with E-state index < -0.39 is 40.8 Å². The number of rotatable bonds is 3. The van der Waals surface area contributed by atoms with Gasteiger partial charge in [0.05, 0.1) is 10.6 Å². The van der Waals surface area contributed by atoms with Crippen molar-refractivity contribution in [3.63, 3.8) is 0 Å². The number of carbonyl (C=O) groups is 4. The number of aliphatic carboxylic acids is 1. The molecule has 114 valence electrons. The highest BCUT2D eigenvalue weighted by Gasteiger charge is 2.41. The molecular formula is C13H10N2O7. The molecule has 9 heteroatoms. The van der Waals surface area contributed by atoms with Crippen LogP contribution in [0.4, 0.5) is 11.4 Å². The largest absolute Gasteiger partial charge is 0.475 e. The molecule has 0 bridgehead atoms. The van der Waals surface area contributed by atoms with Crippen molar-refractivity contribution in [3.05, 3.63) is 33.9 Å². The number of hydrogen-bond acceptors (Lipinski definition) is 6. The van der Waals surface area contributed by atoms with E-state index in [0.717, 1.165) is 17.0 Å². The highest BCUT2D eigenvalue weighted by Crippen LogP contribution is 2.33. The lowest BCUT2D eigenvalue weighted by molar-refractivity contribution is -0.384. The van der Waals surface area contributed by atoms with Crippen molar-refractivity contribution in [1.29, 1.82) is 0 Å². The number of carbonyl (C=O) groups excluding carboxylic acids is 3. The molecule has 0 fully saturated rings.